The van der Waals surface area contributed by atoms with Gasteiger partial charge in [0.25, 0.3) is 0 Å². The summed E-state index contributed by atoms with van der Waals surface area (Å²) in [6.07, 6.45) is -0.0647. The Bertz CT molecular complexity index is 1060. The molecule has 0 saturated carbocycles. The summed E-state index contributed by atoms with van der Waals surface area (Å²) in [5.74, 6) is -0.647. The predicted octanol–water partition coefficient (Wildman–Crippen LogP) is 2.36. The van der Waals surface area contributed by atoms with Crippen molar-refractivity contribution in [3.8, 4) is 11.5 Å². The molecule has 1 unspecified atom stereocenters. The van der Waals surface area contributed by atoms with E-state index in [-0.39, 0.29) is 24.0 Å². The zero-order valence-corrected chi connectivity index (χ0v) is 18.5. The molecule has 1 N–H and O–H groups in total. The summed E-state index contributed by atoms with van der Waals surface area (Å²) < 4.78 is 10.6. The second-order valence-electron chi connectivity index (χ2n) is 7.92. The molecular formula is C24H27N3O5. The van der Waals surface area contributed by atoms with E-state index in [1.807, 2.05) is 12.1 Å². The van der Waals surface area contributed by atoms with Crippen LogP contribution >= 0.6 is 0 Å². The van der Waals surface area contributed by atoms with Crippen LogP contribution in [0.2, 0.25) is 0 Å². The van der Waals surface area contributed by atoms with Gasteiger partial charge in [0, 0.05) is 50.8 Å². The van der Waals surface area contributed by atoms with Crippen molar-refractivity contribution in [1.29, 1.82) is 0 Å². The second kappa shape index (κ2) is 9.00. The maximum Gasteiger partial charge on any atom is 0.234 e. The fourth-order valence-electron chi connectivity index (χ4n) is 4.42. The molecule has 2 aliphatic heterocycles. The van der Waals surface area contributed by atoms with E-state index in [9.17, 15) is 14.4 Å². The van der Waals surface area contributed by atoms with Crippen LogP contribution in [0.3, 0.4) is 0 Å². The van der Waals surface area contributed by atoms with Crippen molar-refractivity contribution in [2.24, 2.45) is 0 Å². The quantitative estimate of drug-likeness (QED) is 0.719. The lowest BCUT2D eigenvalue weighted by molar-refractivity contribution is -0.125. The summed E-state index contributed by atoms with van der Waals surface area (Å²) >= 11 is 0. The van der Waals surface area contributed by atoms with Crippen LogP contribution in [-0.2, 0) is 9.59 Å². The molecule has 0 aliphatic carbocycles. The number of anilines is 2. The van der Waals surface area contributed by atoms with Gasteiger partial charge in [-0.2, -0.15) is 0 Å². The summed E-state index contributed by atoms with van der Waals surface area (Å²) in [7, 11) is 3.04. The maximum atomic E-state index is 13.6. The van der Waals surface area contributed by atoms with Crippen molar-refractivity contribution < 1.29 is 23.9 Å². The number of ether oxygens (including phenoxy) is 2. The molecule has 4 rings (SSSR count). The first-order valence-electron chi connectivity index (χ1n) is 10.6. The van der Waals surface area contributed by atoms with Gasteiger partial charge in [0.1, 0.15) is 0 Å². The van der Waals surface area contributed by atoms with E-state index in [0.717, 1.165) is 31.9 Å². The van der Waals surface area contributed by atoms with Gasteiger partial charge in [-0.3, -0.25) is 19.3 Å². The normalized spacial score (nSPS) is 18.2. The number of methoxy groups -OCH3 is 2. The van der Waals surface area contributed by atoms with Crippen molar-refractivity contribution in [3.05, 3.63) is 47.5 Å². The third-order valence-corrected chi connectivity index (χ3v) is 6.04. The molecule has 2 aromatic rings. The van der Waals surface area contributed by atoms with E-state index in [1.165, 1.54) is 26.0 Å². The molecule has 32 heavy (non-hydrogen) atoms. The predicted molar refractivity (Wildman–Crippen MR) is 121 cm³/mol. The monoisotopic (exact) mass is 437 g/mol. The van der Waals surface area contributed by atoms with Crippen molar-refractivity contribution in [3.63, 3.8) is 0 Å². The highest BCUT2D eigenvalue weighted by Gasteiger charge is 2.38. The highest BCUT2D eigenvalue weighted by atomic mass is 16.5. The summed E-state index contributed by atoms with van der Waals surface area (Å²) in [5.41, 5.74) is 2.57. The molecule has 168 valence electrons. The fourth-order valence-corrected chi connectivity index (χ4v) is 4.42. The Labute approximate surface area is 187 Å². The van der Waals surface area contributed by atoms with E-state index < -0.39 is 5.92 Å². The van der Waals surface area contributed by atoms with Gasteiger partial charge in [-0.1, -0.05) is 0 Å². The van der Waals surface area contributed by atoms with Crippen molar-refractivity contribution >= 4 is 29.0 Å². The summed E-state index contributed by atoms with van der Waals surface area (Å²) in [6.45, 7) is 4.82. The van der Waals surface area contributed by atoms with Crippen LogP contribution in [0.15, 0.2) is 36.4 Å². The molecule has 2 aromatic carbocycles. The number of rotatable bonds is 5. The van der Waals surface area contributed by atoms with Gasteiger partial charge in [0.05, 0.1) is 25.8 Å². The number of fused-ring (bicyclic) bond motifs is 1. The standard InChI is InChI=1S/C24H27N3O5/c1-15(28)27-20-6-5-17(26-10-8-25-9-11-26)13-18(20)19(14-23(27)29)24(30)16-4-7-21(31-2)22(12-16)32-3/h4-7,12-13,19,25H,8-11,14H2,1-3H3. The first-order chi connectivity index (χ1) is 15.4. The fraction of sp³-hybridized carbons (Fsp3) is 0.375. The molecule has 8 heteroatoms. The lowest BCUT2D eigenvalue weighted by Gasteiger charge is -2.34. The van der Waals surface area contributed by atoms with E-state index in [1.54, 1.807) is 24.3 Å². The van der Waals surface area contributed by atoms with E-state index >= 15 is 0 Å². The van der Waals surface area contributed by atoms with Gasteiger partial charge in [-0.25, -0.2) is 0 Å². The number of nitrogens with zero attached hydrogens (tertiary/aromatic N) is 2. The lowest BCUT2D eigenvalue weighted by Crippen LogP contribution is -2.44. The smallest absolute Gasteiger partial charge is 0.234 e. The topological polar surface area (TPSA) is 88.2 Å². The molecule has 0 spiro atoms. The Hall–Kier alpha value is -3.39. The third-order valence-electron chi connectivity index (χ3n) is 6.04. The Morgan fingerprint density at radius 1 is 1.00 bits per heavy atom. The number of piperazine rings is 1. The molecule has 0 radical (unpaired) electrons. The van der Waals surface area contributed by atoms with E-state index in [0.29, 0.717) is 28.3 Å². The number of amides is 2. The highest BCUT2D eigenvalue weighted by molar-refractivity contribution is 6.19. The largest absolute Gasteiger partial charge is 0.493 e. The Morgan fingerprint density at radius 3 is 2.38 bits per heavy atom. The van der Waals surface area contributed by atoms with Gasteiger partial charge in [0.15, 0.2) is 17.3 Å². The number of nitrogens with one attached hydrogen (secondary N) is 1. The molecule has 2 aliphatic rings. The van der Waals surface area contributed by atoms with Gasteiger partial charge in [0.2, 0.25) is 11.8 Å². The first kappa shape index (κ1) is 21.8. The molecule has 1 saturated heterocycles. The van der Waals surface area contributed by atoms with Crippen LogP contribution in [0.1, 0.15) is 35.2 Å². The highest BCUT2D eigenvalue weighted by Crippen LogP contribution is 2.41. The van der Waals surface area contributed by atoms with Crippen LogP contribution < -0.4 is 24.6 Å². The van der Waals surface area contributed by atoms with E-state index in [2.05, 4.69) is 10.2 Å². The van der Waals surface area contributed by atoms with Crippen LogP contribution in [0, 0.1) is 0 Å². The Morgan fingerprint density at radius 2 is 1.72 bits per heavy atom. The summed E-state index contributed by atoms with van der Waals surface area (Å²) in [6, 6.07) is 10.6. The Kier molecular flexibility index (Phi) is 6.14. The third kappa shape index (κ3) is 3.93. The van der Waals surface area contributed by atoms with Crippen molar-refractivity contribution in [2.45, 2.75) is 19.3 Å². The van der Waals surface area contributed by atoms with Crippen LogP contribution in [0.4, 0.5) is 11.4 Å². The second-order valence-corrected chi connectivity index (χ2v) is 7.92. The molecule has 1 fully saturated rings. The van der Waals surface area contributed by atoms with Crippen molar-refractivity contribution in [1.82, 2.24) is 5.32 Å². The number of ketones is 1. The molecule has 0 aromatic heterocycles. The average molecular weight is 437 g/mol. The molecule has 1 atom stereocenters. The van der Waals surface area contributed by atoms with Crippen LogP contribution in [0.25, 0.3) is 0 Å². The number of Topliss-reactive ketones (excluding diaryl/α,β-unsaturated/α-hetero) is 1. The molecular weight excluding hydrogens is 410 g/mol. The lowest BCUT2D eigenvalue weighted by atomic mass is 9.83. The maximum absolute atomic E-state index is 13.6. The minimum atomic E-state index is -0.686. The molecule has 0 bridgehead atoms. The SMILES string of the molecule is COc1ccc(C(=O)C2CC(=O)N(C(C)=O)c3ccc(N4CCNCC4)cc32)cc1OC. The van der Waals surface area contributed by atoms with E-state index in [4.69, 9.17) is 9.47 Å². The summed E-state index contributed by atoms with van der Waals surface area (Å²) in [4.78, 5) is 42.1. The first-order valence-corrected chi connectivity index (χ1v) is 10.6. The number of imide groups is 1. The number of carbonyl (C=O) groups is 3. The number of hydrogen-bond acceptors (Lipinski definition) is 7. The molecule has 8 nitrogen and oxygen atoms in total. The Balaban J connectivity index is 1.77. The van der Waals surface area contributed by atoms with Crippen LogP contribution in [-0.4, -0.2) is 58.0 Å². The van der Waals surface area contributed by atoms with Gasteiger partial charge >= 0.3 is 0 Å². The number of benzene rings is 2. The van der Waals surface area contributed by atoms with Gasteiger partial charge < -0.3 is 19.7 Å². The van der Waals surface area contributed by atoms with Crippen LogP contribution in [0.5, 0.6) is 11.5 Å². The minimum absolute atomic E-state index is 0.0647. The zero-order valence-electron chi connectivity index (χ0n) is 18.5. The summed E-state index contributed by atoms with van der Waals surface area (Å²) in [5, 5.41) is 3.33. The van der Waals surface area contributed by atoms with Gasteiger partial charge in [-0.15, -0.1) is 0 Å². The zero-order chi connectivity index (χ0) is 22.8. The molecule has 2 heterocycles. The number of carbonyl (C=O) groups excluding carboxylic acids is 3. The number of hydrogen-bond donors (Lipinski definition) is 1. The van der Waals surface area contributed by atoms with Crippen molar-refractivity contribution in [2.75, 3.05) is 50.2 Å². The minimum Gasteiger partial charge on any atom is -0.493 e. The average Bonchev–Trinajstić information content (AvgIpc) is 2.82. The van der Waals surface area contributed by atoms with Gasteiger partial charge in [-0.05, 0) is 42.0 Å². The molecule has 2 amide bonds.